The second-order valence-electron chi connectivity index (χ2n) is 5.30. The Labute approximate surface area is 118 Å². The largest absolute Gasteiger partial charge is 0.340 e. The van der Waals surface area contributed by atoms with Gasteiger partial charge in [-0.2, -0.15) is 5.10 Å². The maximum absolute atomic E-state index is 12.3. The summed E-state index contributed by atoms with van der Waals surface area (Å²) in [4.78, 5) is 13.7. The van der Waals surface area contributed by atoms with Gasteiger partial charge in [0.1, 0.15) is 4.90 Å². The smallest absolute Gasteiger partial charge is 0.275 e. The van der Waals surface area contributed by atoms with E-state index in [1.54, 1.807) is 7.05 Å². The number of carbonyl (C=O) groups excluding carboxylic acids is 1. The molecule has 1 fully saturated rings. The fourth-order valence-electron chi connectivity index (χ4n) is 2.19. The van der Waals surface area contributed by atoms with Crippen LogP contribution in [0.4, 0.5) is 0 Å². The van der Waals surface area contributed by atoms with Crippen LogP contribution in [0.1, 0.15) is 42.4 Å². The van der Waals surface area contributed by atoms with Crippen LogP contribution in [0.2, 0.25) is 0 Å². The molecule has 0 spiro atoms. The van der Waals surface area contributed by atoms with Crippen LogP contribution in [0.3, 0.4) is 0 Å². The first-order valence-electron chi connectivity index (χ1n) is 6.70. The number of primary sulfonamides is 1. The maximum Gasteiger partial charge on any atom is 0.275 e. The van der Waals surface area contributed by atoms with Crippen molar-refractivity contribution in [3.8, 4) is 0 Å². The van der Waals surface area contributed by atoms with Gasteiger partial charge in [0.25, 0.3) is 5.91 Å². The summed E-state index contributed by atoms with van der Waals surface area (Å²) in [6, 6.07) is 0. The van der Waals surface area contributed by atoms with Crippen LogP contribution in [0, 0.1) is 5.92 Å². The van der Waals surface area contributed by atoms with Crippen molar-refractivity contribution in [3.05, 3.63) is 11.4 Å². The van der Waals surface area contributed by atoms with E-state index in [2.05, 4.69) is 10.2 Å². The average Bonchev–Trinajstić information content (AvgIpc) is 3.04. The Kier molecular flexibility index (Phi) is 4.14. The van der Waals surface area contributed by atoms with Gasteiger partial charge in [-0.15, -0.1) is 0 Å². The van der Waals surface area contributed by atoms with E-state index in [0.29, 0.717) is 24.6 Å². The van der Waals surface area contributed by atoms with E-state index in [9.17, 15) is 13.2 Å². The fourth-order valence-corrected chi connectivity index (χ4v) is 3.08. The molecule has 1 aliphatic carbocycles. The topological polar surface area (TPSA) is 109 Å². The minimum Gasteiger partial charge on any atom is -0.340 e. The van der Waals surface area contributed by atoms with Crippen molar-refractivity contribution < 1.29 is 13.2 Å². The van der Waals surface area contributed by atoms with Gasteiger partial charge in [-0.05, 0) is 25.2 Å². The van der Waals surface area contributed by atoms with Crippen molar-refractivity contribution in [1.82, 2.24) is 15.1 Å². The summed E-state index contributed by atoms with van der Waals surface area (Å²) in [5, 5.41) is 11.7. The first-order chi connectivity index (χ1) is 9.34. The summed E-state index contributed by atoms with van der Waals surface area (Å²) >= 11 is 0. The summed E-state index contributed by atoms with van der Waals surface area (Å²) in [7, 11) is -2.32. The first kappa shape index (κ1) is 15.0. The molecular formula is C12H20N4O3S. The molecule has 0 radical (unpaired) electrons. The number of nitrogens with two attached hydrogens (primary N) is 1. The van der Waals surface area contributed by atoms with Crippen LogP contribution in [-0.2, 0) is 16.4 Å². The molecule has 0 aliphatic heterocycles. The molecule has 7 nitrogen and oxygen atoms in total. The molecule has 2 rings (SSSR count). The van der Waals surface area contributed by atoms with Gasteiger partial charge in [0, 0.05) is 13.6 Å². The molecule has 8 heteroatoms. The molecule has 0 bridgehead atoms. The van der Waals surface area contributed by atoms with Gasteiger partial charge in [0.15, 0.2) is 5.69 Å². The molecule has 1 aromatic heterocycles. The van der Waals surface area contributed by atoms with Gasteiger partial charge < -0.3 is 4.90 Å². The zero-order valence-electron chi connectivity index (χ0n) is 11.7. The standard InChI is InChI=1S/C12H20N4O3S/c1-3-4-9-11(20(13,18)19)10(15-14-9)12(17)16(2)7-8-5-6-8/h8H,3-7H2,1-2H3,(H,14,15)(H2,13,18,19). The number of carbonyl (C=O) groups is 1. The molecule has 0 unspecified atom stereocenters. The lowest BCUT2D eigenvalue weighted by molar-refractivity contribution is 0.0779. The zero-order valence-corrected chi connectivity index (χ0v) is 12.5. The van der Waals surface area contributed by atoms with Crippen molar-refractivity contribution in [1.29, 1.82) is 0 Å². The van der Waals surface area contributed by atoms with E-state index in [-0.39, 0.29) is 10.6 Å². The average molecular weight is 300 g/mol. The molecule has 1 saturated carbocycles. The predicted octanol–water partition coefficient (Wildman–Crippen LogP) is 0.492. The SMILES string of the molecule is CCCc1[nH]nc(C(=O)N(C)CC2CC2)c1S(N)(=O)=O. The van der Waals surface area contributed by atoms with Crippen LogP contribution < -0.4 is 5.14 Å². The van der Waals surface area contributed by atoms with Crippen LogP contribution in [0.5, 0.6) is 0 Å². The van der Waals surface area contributed by atoms with Crippen molar-refractivity contribution in [2.45, 2.75) is 37.5 Å². The Morgan fingerprint density at radius 2 is 2.15 bits per heavy atom. The number of hydrogen-bond donors (Lipinski definition) is 2. The van der Waals surface area contributed by atoms with Crippen molar-refractivity contribution in [2.75, 3.05) is 13.6 Å². The molecule has 20 heavy (non-hydrogen) atoms. The third-order valence-electron chi connectivity index (χ3n) is 3.35. The van der Waals surface area contributed by atoms with Crippen LogP contribution >= 0.6 is 0 Å². The number of nitrogens with one attached hydrogen (secondary N) is 1. The monoisotopic (exact) mass is 300 g/mol. The van der Waals surface area contributed by atoms with Gasteiger partial charge in [-0.25, -0.2) is 13.6 Å². The van der Waals surface area contributed by atoms with Crippen molar-refractivity contribution >= 4 is 15.9 Å². The molecule has 0 atom stereocenters. The van der Waals surface area contributed by atoms with Crippen LogP contribution in [0.15, 0.2) is 4.90 Å². The molecule has 1 aromatic rings. The number of rotatable bonds is 6. The molecule has 3 N–H and O–H groups in total. The van der Waals surface area contributed by atoms with Crippen molar-refractivity contribution in [3.63, 3.8) is 0 Å². The number of hydrogen-bond acceptors (Lipinski definition) is 4. The number of amides is 1. The molecular weight excluding hydrogens is 280 g/mol. The minimum atomic E-state index is -3.98. The van der Waals surface area contributed by atoms with Gasteiger partial charge >= 0.3 is 0 Å². The minimum absolute atomic E-state index is 0.0981. The van der Waals surface area contributed by atoms with Gasteiger partial charge in [-0.1, -0.05) is 13.3 Å². The van der Waals surface area contributed by atoms with E-state index in [0.717, 1.165) is 19.3 Å². The number of sulfonamides is 1. The lowest BCUT2D eigenvalue weighted by atomic mass is 10.2. The van der Waals surface area contributed by atoms with Gasteiger partial charge in [0.2, 0.25) is 10.0 Å². The van der Waals surface area contributed by atoms with E-state index in [4.69, 9.17) is 5.14 Å². The van der Waals surface area contributed by atoms with Crippen molar-refractivity contribution in [2.24, 2.45) is 11.1 Å². The quantitative estimate of drug-likeness (QED) is 0.796. The molecule has 1 aliphatic rings. The summed E-state index contributed by atoms with van der Waals surface area (Å²) < 4.78 is 23.4. The number of aromatic nitrogens is 2. The zero-order chi connectivity index (χ0) is 14.9. The highest BCUT2D eigenvalue weighted by Crippen LogP contribution is 2.30. The number of H-pyrrole nitrogens is 1. The summed E-state index contributed by atoms with van der Waals surface area (Å²) in [6.07, 6.45) is 3.44. The summed E-state index contributed by atoms with van der Waals surface area (Å²) in [5.74, 6) is 0.121. The lowest BCUT2D eigenvalue weighted by Crippen LogP contribution is -2.31. The Morgan fingerprint density at radius 1 is 1.50 bits per heavy atom. The lowest BCUT2D eigenvalue weighted by Gasteiger charge is -2.15. The van der Waals surface area contributed by atoms with Gasteiger partial charge in [-0.3, -0.25) is 9.89 Å². The third-order valence-corrected chi connectivity index (χ3v) is 4.36. The second-order valence-corrected chi connectivity index (χ2v) is 6.80. The number of aromatic amines is 1. The van der Waals surface area contributed by atoms with E-state index in [1.807, 2.05) is 6.92 Å². The van der Waals surface area contributed by atoms with E-state index in [1.165, 1.54) is 4.90 Å². The van der Waals surface area contributed by atoms with Gasteiger partial charge in [0.05, 0.1) is 5.69 Å². The number of nitrogens with zero attached hydrogens (tertiary/aromatic N) is 2. The van der Waals surface area contributed by atoms with E-state index >= 15 is 0 Å². The first-order valence-corrected chi connectivity index (χ1v) is 8.24. The fraction of sp³-hybridized carbons (Fsp3) is 0.667. The van der Waals surface area contributed by atoms with Crippen LogP contribution in [-0.4, -0.2) is 43.0 Å². The predicted molar refractivity (Wildman–Crippen MR) is 73.6 cm³/mol. The van der Waals surface area contributed by atoms with Crippen LogP contribution in [0.25, 0.3) is 0 Å². The molecule has 0 saturated heterocycles. The number of aryl methyl sites for hydroxylation is 1. The summed E-state index contributed by atoms with van der Waals surface area (Å²) in [5.41, 5.74) is 0.303. The highest BCUT2D eigenvalue weighted by Gasteiger charge is 2.31. The summed E-state index contributed by atoms with van der Waals surface area (Å²) in [6.45, 7) is 2.54. The Morgan fingerprint density at radius 3 is 2.65 bits per heavy atom. The van der Waals surface area contributed by atoms with E-state index < -0.39 is 15.9 Å². The highest BCUT2D eigenvalue weighted by molar-refractivity contribution is 7.89. The Balaban J connectivity index is 2.32. The molecule has 1 heterocycles. The Bertz CT molecular complexity index is 604. The normalized spacial score (nSPS) is 15.3. The maximum atomic E-state index is 12.3. The molecule has 112 valence electrons. The second kappa shape index (κ2) is 5.53. The molecule has 1 amide bonds. The Hall–Kier alpha value is -1.41. The third kappa shape index (κ3) is 3.18. The highest BCUT2D eigenvalue weighted by atomic mass is 32.2. The molecule has 0 aromatic carbocycles.